The molecule has 1 atom stereocenters. The van der Waals surface area contributed by atoms with Gasteiger partial charge in [0, 0.05) is 25.2 Å². The molecule has 6 nitrogen and oxygen atoms in total. The highest BCUT2D eigenvalue weighted by atomic mass is 16.2. The van der Waals surface area contributed by atoms with Crippen molar-refractivity contribution >= 4 is 23.4 Å². The van der Waals surface area contributed by atoms with Gasteiger partial charge in [-0.3, -0.25) is 14.4 Å². The lowest BCUT2D eigenvalue weighted by Gasteiger charge is -2.17. The SMILES string of the molecule is CCNC(=O)CNC(=O)[C@@H]1CC(=O)N(c2ccc(CC)cc2)C1. The van der Waals surface area contributed by atoms with Gasteiger partial charge in [0.15, 0.2) is 0 Å². The van der Waals surface area contributed by atoms with Crippen molar-refractivity contribution in [2.75, 3.05) is 24.5 Å². The van der Waals surface area contributed by atoms with Crippen molar-refractivity contribution in [3.63, 3.8) is 0 Å². The van der Waals surface area contributed by atoms with Crippen LogP contribution in [0.25, 0.3) is 0 Å². The van der Waals surface area contributed by atoms with Gasteiger partial charge in [0.25, 0.3) is 0 Å². The molecule has 2 N–H and O–H groups in total. The molecular weight excluding hydrogens is 294 g/mol. The summed E-state index contributed by atoms with van der Waals surface area (Å²) in [5, 5.41) is 5.20. The normalized spacial score (nSPS) is 17.2. The highest BCUT2D eigenvalue weighted by molar-refractivity contribution is 6.00. The summed E-state index contributed by atoms with van der Waals surface area (Å²) in [7, 11) is 0. The molecule has 1 fully saturated rings. The highest BCUT2D eigenvalue weighted by Crippen LogP contribution is 2.25. The summed E-state index contributed by atoms with van der Waals surface area (Å²) in [5.41, 5.74) is 2.02. The van der Waals surface area contributed by atoms with Gasteiger partial charge in [-0.2, -0.15) is 0 Å². The van der Waals surface area contributed by atoms with E-state index in [4.69, 9.17) is 0 Å². The predicted molar refractivity (Wildman–Crippen MR) is 88.0 cm³/mol. The minimum Gasteiger partial charge on any atom is -0.355 e. The van der Waals surface area contributed by atoms with E-state index in [0.717, 1.165) is 12.1 Å². The van der Waals surface area contributed by atoms with Crippen LogP contribution in [0, 0.1) is 5.92 Å². The molecule has 1 aliphatic rings. The van der Waals surface area contributed by atoms with Crippen molar-refractivity contribution in [1.82, 2.24) is 10.6 Å². The predicted octanol–water partition coefficient (Wildman–Crippen LogP) is 0.854. The maximum Gasteiger partial charge on any atom is 0.239 e. The molecule has 0 unspecified atom stereocenters. The van der Waals surface area contributed by atoms with Gasteiger partial charge in [-0.05, 0) is 31.0 Å². The number of nitrogens with zero attached hydrogens (tertiary/aromatic N) is 1. The first kappa shape index (κ1) is 17.0. The van der Waals surface area contributed by atoms with Crippen LogP contribution in [0.15, 0.2) is 24.3 Å². The lowest BCUT2D eigenvalue weighted by Crippen LogP contribution is -2.40. The van der Waals surface area contributed by atoms with Crippen LogP contribution in [0.1, 0.15) is 25.8 Å². The quantitative estimate of drug-likeness (QED) is 0.816. The molecule has 3 amide bonds. The number of likely N-dealkylation sites (N-methyl/N-ethyl adjacent to an activating group) is 1. The van der Waals surface area contributed by atoms with Gasteiger partial charge in [0.1, 0.15) is 0 Å². The van der Waals surface area contributed by atoms with Crippen molar-refractivity contribution in [1.29, 1.82) is 0 Å². The number of nitrogens with one attached hydrogen (secondary N) is 2. The van der Waals surface area contributed by atoms with Crippen LogP contribution >= 0.6 is 0 Å². The van der Waals surface area contributed by atoms with Gasteiger partial charge in [-0.15, -0.1) is 0 Å². The van der Waals surface area contributed by atoms with E-state index in [1.807, 2.05) is 31.2 Å². The third-order valence-corrected chi connectivity index (χ3v) is 3.95. The number of hydrogen-bond donors (Lipinski definition) is 2. The van der Waals surface area contributed by atoms with E-state index in [-0.39, 0.29) is 30.7 Å². The van der Waals surface area contributed by atoms with Crippen LogP contribution in [0.2, 0.25) is 0 Å². The summed E-state index contributed by atoms with van der Waals surface area (Å²) in [6, 6.07) is 7.80. The van der Waals surface area contributed by atoms with E-state index in [1.165, 1.54) is 5.56 Å². The largest absolute Gasteiger partial charge is 0.355 e. The van der Waals surface area contributed by atoms with Crippen molar-refractivity contribution in [3.8, 4) is 0 Å². The fourth-order valence-corrected chi connectivity index (χ4v) is 2.62. The maximum absolute atomic E-state index is 12.2. The van der Waals surface area contributed by atoms with Crippen molar-refractivity contribution in [2.24, 2.45) is 5.92 Å². The third kappa shape index (κ3) is 4.31. The Kier molecular flexibility index (Phi) is 5.73. The topological polar surface area (TPSA) is 78.5 Å². The average Bonchev–Trinajstić information content (AvgIpc) is 2.95. The summed E-state index contributed by atoms with van der Waals surface area (Å²) in [6.07, 6.45) is 1.12. The first-order valence-corrected chi connectivity index (χ1v) is 7.98. The van der Waals surface area contributed by atoms with Crippen LogP contribution in [0.5, 0.6) is 0 Å². The summed E-state index contributed by atoms with van der Waals surface area (Å²) in [4.78, 5) is 37.3. The molecule has 1 saturated heterocycles. The minimum atomic E-state index is -0.414. The fourth-order valence-electron chi connectivity index (χ4n) is 2.62. The average molecular weight is 317 g/mol. The Bertz CT molecular complexity index is 583. The smallest absolute Gasteiger partial charge is 0.239 e. The molecule has 1 aliphatic heterocycles. The lowest BCUT2D eigenvalue weighted by molar-refractivity contribution is -0.128. The van der Waals surface area contributed by atoms with Gasteiger partial charge in [0.2, 0.25) is 17.7 Å². The van der Waals surface area contributed by atoms with Gasteiger partial charge >= 0.3 is 0 Å². The molecular formula is C17H23N3O3. The Morgan fingerprint density at radius 1 is 1.17 bits per heavy atom. The van der Waals surface area contributed by atoms with E-state index in [2.05, 4.69) is 17.6 Å². The molecule has 0 radical (unpaired) electrons. The summed E-state index contributed by atoms with van der Waals surface area (Å²) in [6.45, 7) is 4.72. The van der Waals surface area contributed by atoms with Gasteiger partial charge in [-0.25, -0.2) is 0 Å². The Hall–Kier alpha value is -2.37. The standard InChI is InChI=1S/C17H23N3O3/c1-3-12-5-7-14(8-6-12)20-11-13(9-16(20)22)17(23)19-10-15(21)18-4-2/h5-8,13H,3-4,9-11H2,1-2H3,(H,18,21)(H,19,23)/t13-/m1/s1. The van der Waals surface area contributed by atoms with Crippen LogP contribution in [0.3, 0.4) is 0 Å². The van der Waals surface area contributed by atoms with E-state index in [9.17, 15) is 14.4 Å². The van der Waals surface area contributed by atoms with Crippen LogP contribution < -0.4 is 15.5 Å². The van der Waals surface area contributed by atoms with Crippen molar-refractivity contribution < 1.29 is 14.4 Å². The molecule has 124 valence electrons. The molecule has 0 aromatic heterocycles. The lowest BCUT2D eigenvalue weighted by atomic mass is 10.1. The molecule has 0 aliphatic carbocycles. The zero-order valence-corrected chi connectivity index (χ0v) is 13.6. The fraction of sp³-hybridized carbons (Fsp3) is 0.471. The van der Waals surface area contributed by atoms with Gasteiger partial charge < -0.3 is 15.5 Å². The number of amides is 3. The Labute approximate surface area is 136 Å². The monoisotopic (exact) mass is 317 g/mol. The second-order valence-electron chi connectivity index (χ2n) is 5.60. The van der Waals surface area contributed by atoms with E-state index in [1.54, 1.807) is 4.90 Å². The zero-order valence-electron chi connectivity index (χ0n) is 13.6. The first-order valence-electron chi connectivity index (χ1n) is 7.98. The van der Waals surface area contributed by atoms with Crippen LogP contribution in [-0.2, 0) is 20.8 Å². The van der Waals surface area contributed by atoms with Crippen molar-refractivity contribution in [2.45, 2.75) is 26.7 Å². The number of anilines is 1. The Balaban J connectivity index is 1.93. The number of carbonyl (C=O) groups is 3. The second kappa shape index (κ2) is 7.76. The summed E-state index contributed by atoms with van der Waals surface area (Å²) >= 11 is 0. The maximum atomic E-state index is 12.2. The number of hydrogen-bond acceptors (Lipinski definition) is 3. The van der Waals surface area contributed by atoms with Crippen LogP contribution in [0.4, 0.5) is 5.69 Å². The molecule has 23 heavy (non-hydrogen) atoms. The molecule has 0 saturated carbocycles. The summed E-state index contributed by atoms with van der Waals surface area (Å²) in [5.74, 6) is -0.954. The van der Waals surface area contributed by atoms with Crippen molar-refractivity contribution in [3.05, 3.63) is 29.8 Å². The summed E-state index contributed by atoms with van der Waals surface area (Å²) < 4.78 is 0. The van der Waals surface area contributed by atoms with E-state index in [0.29, 0.717) is 13.1 Å². The number of benzene rings is 1. The number of aryl methyl sites for hydroxylation is 1. The number of rotatable bonds is 6. The highest BCUT2D eigenvalue weighted by Gasteiger charge is 2.35. The first-order chi connectivity index (χ1) is 11.0. The molecule has 0 bridgehead atoms. The second-order valence-corrected chi connectivity index (χ2v) is 5.60. The Morgan fingerprint density at radius 2 is 1.87 bits per heavy atom. The third-order valence-electron chi connectivity index (χ3n) is 3.95. The molecule has 2 rings (SSSR count). The van der Waals surface area contributed by atoms with E-state index >= 15 is 0 Å². The molecule has 1 heterocycles. The van der Waals surface area contributed by atoms with Crippen LogP contribution in [-0.4, -0.2) is 37.4 Å². The van der Waals surface area contributed by atoms with Gasteiger partial charge in [-0.1, -0.05) is 19.1 Å². The molecule has 6 heteroatoms. The molecule has 1 aromatic carbocycles. The number of carbonyl (C=O) groups excluding carboxylic acids is 3. The minimum absolute atomic E-state index is 0.0530. The van der Waals surface area contributed by atoms with Gasteiger partial charge in [0.05, 0.1) is 12.5 Å². The Morgan fingerprint density at radius 3 is 2.48 bits per heavy atom. The zero-order chi connectivity index (χ0) is 16.8. The van der Waals surface area contributed by atoms with E-state index < -0.39 is 5.92 Å². The molecule has 0 spiro atoms. The molecule has 1 aromatic rings.